The Morgan fingerprint density at radius 3 is 2.24 bits per heavy atom. The number of benzene rings is 3. The molecule has 0 spiro atoms. The monoisotopic (exact) mass is 563 g/mol. The molecule has 0 aliphatic carbocycles. The molecule has 8 rings (SSSR count). The molecule has 2 bridgehead atoms. The summed E-state index contributed by atoms with van der Waals surface area (Å²) in [6.45, 7) is 0.492. The lowest BCUT2D eigenvalue weighted by molar-refractivity contribution is -0.143. The largest absolute Gasteiger partial charge is 0.460 e. The van der Waals surface area contributed by atoms with Crippen LogP contribution in [0, 0.1) is 11.3 Å². The second-order valence-corrected chi connectivity index (χ2v) is 11.4. The van der Waals surface area contributed by atoms with Crippen LogP contribution < -0.4 is 18.9 Å². The third-order valence-corrected chi connectivity index (χ3v) is 9.29. The second kappa shape index (κ2) is 9.79. The van der Waals surface area contributed by atoms with Crippen LogP contribution >= 0.6 is 0 Å². The maximum atomic E-state index is 12.9. The van der Waals surface area contributed by atoms with E-state index < -0.39 is 12.0 Å². The fourth-order valence-electron chi connectivity index (χ4n) is 7.41. The first kappa shape index (κ1) is 25.2. The van der Waals surface area contributed by atoms with Gasteiger partial charge in [0.1, 0.15) is 12.6 Å². The van der Waals surface area contributed by atoms with Crippen molar-refractivity contribution in [2.24, 2.45) is 0 Å². The zero-order chi connectivity index (χ0) is 28.4. The zero-order valence-electron chi connectivity index (χ0n) is 23.1. The second-order valence-electron chi connectivity index (χ2n) is 11.4. The van der Waals surface area contributed by atoms with Crippen molar-refractivity contribution < 1.29 is 28.5 Å². The Morgan fingerprint density at radius 1 is 0.929 bits per heavy atom. The van der Waals surface area contributed by atoms with Crippen molar-refractivity contribution in [2.75, 3.05) is 27.2 Å². The molecule has 0 radical (unpaired) electrons. The van der Waals surface area contributed by atoms with Crippen LogP contribution in [0.25, 0.3) is 6.08 Å². The van der Waals surface area contributed by atoms with Crippen molar-refractivity contribution in [3.63, 3.8) is 0 Å². The minimum absolute atomic E-state index is 0.00704. The SMILES string of the molecule is CN1[C@@H]2c3cc4c(cc3C[C@H]1[C@H](C#N)N1[C@@H](COC(=O)/C=C/c3ccccc3)c3cc5c(cc3C[C@@H]21)OCO5)OCO4. The van der Waals surface area contributed by atoms with Crippen LogP contribution in [-0.2, 0) is 22.4 Å². The molecule has 1 saturated heterocycles. The molecule has 5 heterocycles. The molecule has 9 heteroatoms. The molecule has 0 saturated carbocycles. The van der Waals surface area contributed by atoms with E-state index in [4.69, 9.17) is 23.7 Å². The number of nitriles is 1. The van der Waals surface area contributed by atoms with Gasteiger partial charge < -0.3 is 23.7 Å². The van der Waals surface area contributed by atoms with E-state index in [1.807, 2.05) is 36.4 Å². The first-order valence-electron chi connectivity index (χ1n) is 14.2. The number of esters is 1. The number of carbonyl (C=O) groups is 1. The highest BCUT2D eigenvalue weighted by molar-refractivity contribution is 5.87. The van der Waals surface area contributed by atoms with E-state index in [9.17, 15) is 10.1 Å². The summed E-state index contributed by atoms with van der Waals surface area (Å²) in [6.07, 6.45) is 4.62. The fourth-order valence-corrected chi connectivity index (χ4v) is 7.41. The molecule has 9 nitrogen and oxygen atoms in total. The minimum Gasteiger partial charge on any atom is -0.460 e. The highest BCUT2D eigenvalue weighted by Crippen LogP contribution is 2.53. The highest BCUT2D eigenvalue weighted by atomic mass is 16.7. The molecule has 0 unspecified atom stereocenters. The van der Waals surface area contributed by atoms with Gasteiger partial charge in [0.25, 0.3) is 0 Å². The number of fused-ring (bicyclic) bond motifs is 9. The van der Waals surface area contributed by atoms with E-state index in [0.29, 0.717) is 18.6 Å². The van der Waals surface area contributed by atoms with E-state index in [1.54, 1.807) is 6.08 Å². The summed E-state index contributed by atoms with van der Waals surface area (Å²) in [5, 5.41) is 10.6. The predicted octanol–water partition coefficient (Wildman–Crippen LogP) is 4.17. The maximum absolute atomic E-state index is 12.9. The molecule has 3 aromatic rings. The van der Waals surface area contributed by atoms with Gasteiger partial charge >= 0.3 is 5.97 Å². The van der Waals surface area contributed by atoms with Gasteiger partial charge in [0.15, 0.2) is 23.0 Å². The molecule has 1 fully saturated rings. The Morgan fingerprint density at radius 2 is 1.55 bits per heavy atom. The highest BCUT2D eigenvalue weighted by Gasteiger charge is 2.55. The predicted molar refractivity (Wildman–Crippen MR) is 151 cm³/mol. The first-order chi connectivity index (χ1) is 20.6. The normalized spacial score (nSPS) is 26.7. The summed E-state index contributed by atoms with van der Waals surface area (Å²) in [5.74, 6) is 2.48. The summed E-state index contributed by atoms with van der Waals surface area (Å²) < 4.78 is 28.8. The molecule has 212 valence electrons. The average molecular weight is 564 g/mol. The quantitative estimate of drug-likeness (QED) is 0.343. The zero-order valence-corrected chi connectivity index (χ0v) is 23.1. The lowest BCUT2D eigenvalue weighted by Gasteiger charge is -2.59. The van der Waals surface area contributed by atoms with Gasteiger partial charge in [-0.1, -0.05) is 30.3 Å². The van der Waals surface area contributed by atoms with Gasteiger partial charge in [0, 0.05) is 18.2 Å². The Bertz CT molecular complexity index is 1650. The van der Waals surface area contributed by atoms with Gasteiger partial charge in [0.2, 0.25) is 13.6 Å². The summed E-state index contributed by atoms with van der Waals surface area (Å²) in [4.78, 5) is 17.6. The van der Waals surface area contributed by atoms with Crippen molar-refractivity contribution >= 4 is 12.0 Å². The van der Waals surface area contributed by atoms with Crippen LogP contribution in [0.4, 0.5) is 0 Å². The van der Waals surface area contributed by atoms with Crippen molar-refractivity contribution in [1.29, 1.82) is 5.26 Å². The molecule has 5 atom stereocenters. The number of ether oxygens (including phenoxy) is 5. The third-order valence-electron chi connectivity index (χ3n) is 9.29. The number of likely N-dealkylation sites (N-methyl/N-ethyl adjacent to an activating group) is 1. The van der Waals surface area contributed by atoms with Crippen LogP contribution in [0.5, 0.6) is 23.0 Å². The number of hydrogen-bond donors (Lipinski definition) is 0. The molecular weight excluding hydrogens is 534 g/mol. The summed E-state index contributed by atoms with van der Waals surface area (Å²) in [7, 11) is 2.11. The van der Waals surface area contributed by atoms with Gasteiger partial charge in [-0.2, -0.15) is 5.26 Å². The average Bonchev–Trinajstić information content (AvgIpc) is 3.66. The van der Waals surface area contributed by atoms with Crippen LogP contribution in [-0.4, -0.2) is 61.1 Å². The van der Waals surface area contributed by atoms with Gasteiger partial charge in [-0.25, -0.2) is 4.79 Å². The summed E-state index contributed by atoms with van der Waals surface area (Å²) >= 11 is 0. The smallest absolute Gasteiger partial charge is 0.330 e. The standard InChI is InChI=1S/C33H29N3O6/c1-35-24-9-21-12-29-31(42-18-40-29)14-23(21)33(35)25-10-20-11-28-30(41-17-39-28)13-22(20)27(36(25)26(24)15-34)16-38-32(37)8-7-19-5-3-2-4-6-19/h2-8,11-14,24-27,33H,9-10,16-18H2,1H3/b8-7+/t24-,25-,26-,27-,33+/m0/s1. The molecular formula is C33H29N3O6. The van der Waals surface area contributed by atoms with Gasteiger partial charge in [-0.3, -0.25) is 9.80 Å². The molecule has 0 N–H and O–H groups in total. The fraction of sp³-hybridized carbons (Fsp3) is 0.333. The Hall–Kier alpha value is -4.52. The van der Waals surface area contributed by atoms with E-state index in [2.05, 4.69) is 41.1 Å². The summed E-state index contributed by atoms with van der Waals surface area (Å²) in [5.41, 5.74) is 5.41. The molecule has 5 aliphatic heterocycles. The Labute approximate surface area is 243 Å². The molecule has 0 aromatic heterocycles. The van der Waals surface area contributed by atoms with Gasteiger partial charge in [-0.05, 0) is 78.0 Å². The van der Waals surface area contributed by atoms with Crippen LogP contribution in [0.1, 0.15) is 39.9 Å². The van der Waals surface area contributed by atoms with Crippen molar-refractivity contribution in [3.05, 3.63) is 88.5 Å². The van der Waals surface area contributed by atoms with E-state index in [-0.39, 0.29) is 44.4 Å². The topological polar surface area (TPSA) is 93.5 Å². The summed E-state index contributed by atoms with van der Waals surface area (Å²) in [6, 6.07) is 19.7. The molecule has 0 amide bonds. The van der Waals surface area contributed by atoms with Gasteiger partial charge in [-0.15, -0.1) is 0 Å². The van der Waals surface area contributed by atoms with Crippen molar-refractivity contribution in [2.45, 2.75) is 43.1 Å². The third kappa shape index (κ3) is 3.94. The number of rotatable bonds is 4. The van der Waals surface area contributed by atoms with Crippen LogP contribution in [0.3, 0.4) is 0 Å². The van der Waals surface area contributed by atoms with Crippen molar-refractivity contribution in [3.8, 4) is 29.1 Å². The molecule has 3 aromatic carbocycles. The Balaban J connectivity index is 1.19. The molecule has 5 aliphatic rings. The van der Waals surface area contributed by atoms with E-state index in [1.165, 1.54) is 17.2 Å². The number of piperazine rings is 1. The lowest BCUT2D eigenvalue weighted by Crippen LogP contribution is -2.68. The van der Waals surface area contributed by atoms with E-state index >= 15 is 0 Å². The molecule has 42 heavy (non-hydrogen) atoms. The number of nitrogens with zero attached hydrogens (tertiary/aromatic N) is 3. The van der Waals surface area contributed by atoms with Crippen LogP contribution in [0.2, 0.25) is 0 Å². The van der Waals surface area contributed by atoms with Crippen molar-refractivity contribution in [1.82, 2.24) is 9.80 Å². The first-order valence-corrected chi connectivity index (χ1v) is 14.2. The van der Waals surface area contributed by atoms with E-state index in [0.717, 1.165) is 33.9 Å². The Kier molecular flexibility index (Phi) is 5.88. The lowest BCUT2D eigenvalue weighted by atomic mass is 9.73. The minimum atomic E-state index is -0.427. The van der Waals surface area contributed by atoms with Crippen LogP contribution in [0.15, 0.2) is 60.7 Å². The maximum Gasteiger partial charge on any atom is 0.330 e. The number of hydrogen-bond acceptors (Lipinski definition) is 9. The van der Waals surface area contributed by atoms with Gasteiger partial charge in [0.05, 0.1) is 18.2 Å². The number of carbonyl (C=O) groups excluding carboxylic acids is 1.